The van der Waals surface area contributed by atoms with Crippen molar-refractivity contribution < 1.29 is 13.2 Å². The minimum Gasteiger partial charge on any atom is -0.475 e. The van der Waals surface area contributed by atoms with E-state index in [-0.39, 0.29) is 47.6 Å². The quantitative estimate of drug-likeness (QED) is 0.333. The Morgan fingerprint density at radius 3 is 2.74 bits per heavy atom. The van der Waals surface area contributed by atoms with Gasteiger partial charge in [-0.3, -0.25) is 4.99 Å². The smallest absolute Gasteiger partial charge is 0.213 e. The molecule has 9 heteroatoms. The molecule has 2 rings (SSSR count). The Morgan fingerprint density at radius 1 is 1.41 bits per heavy atom. The molecule has 27 heavy (non-hydrogen) atoms. The summed E-state index contributed by atoms with van der Waals surface area (Å²) in [6, 6.07) is 3.75. The van der Waals surface area contributed by atoms with Gasteiger partial charge in [0.25, 0.3) is 0 Å². The molecule has 2 N–H and O–H groups in total. The van der Waals surface area contributed by atoms with Crippen molar-refractivity contribution in [1.82, 2.24) is 15.6 Å². The van der Waals surface area contributed by atoms with Crippen LogP contribution in [0, 0.1) is 5.92 Å². The Kier molecular flexibility index (Phi) is 9.78. The zero-order valence-corrected chi connectivity index (χ0v) is 19.6. The van der Waals surface area contributed by atoms with E-state index < -0.39 is 9.84 Å². The van der Waals surface area contributed by atoms with Gasteiger partial charge in [-0.15, -0.1) is 24.0 Å². The predicted octanol–water partition coefficient (Wildman–Crippen LogP) is 2.37. The average Bonchev–Trinajstić information content (AvgIpc) is 2.89. The molecule has 1 aromatic heterocycles. The molecule has 1 aromatic rings. The van der Waals surface area contributed by atoms with Gasteiger partial charge in [0.1, 0.15) is 0 Å². The molecule has 0 saturated carbocycles. The molecule has 1 aliphatic heterocycles. The zero-order chi connectivity index (χ0) is 19.2. The summed E-state index contributed by atoms with van der Waals surface area (Å²) in [6.07, 6.45) is 3.44. The lowest BCUT2D eigenvalue weighted by Gasteiger charge is -2.17. The van der Waals surface area contributed by atoms with E-state index in [1.807, 2.05) is 19.1 Å². The van der Waals surface area contributed by atoms with Crippen molar-refractivity contribution in [2.45, 2.75) is 52.3 Å². The zero-order valence-electron chi connectivity index (χ0n) is 16.4. The molecule has 0 aliphatic carbocycles. The molecule has 2 atom stereocenters. The van der Waals surface area contributed by atoms with Crippen molar-refractivity contribution in [3.05, 3.63) is 23.9 Å². The average molecular weight is 510 g/mol. The van der Waals surface area contributed by atoms with E-state index in [0.717, 1.165) is 12.0 Å². The van der Waals surface area contributed by atoms with E-state index in [1.165, 1.54) is 0 Å². The fourth-order valence-electron chi connectivity index (χ4n) is 3.03. The second-order valence-electron chi connectivity index (χ2n) is 7.23. The topological polar surface area (TPSA) is 92.7 Å². The van der Waals surface area contributed by atoms with Crippen molar-refractivity contribution in [1.29, 1.82) is 0 Å². The van der Waals surface area contributed by atoms with Crippen LogP contribution in [0.3, 0.4) is 0 Å². The maximum atomic E-state index is 11.6. The number of hydrogen-bond acceptors (Lipinski definition) is 5. The van der Waals surface area contributed by atoms with Gasteiger partial charge in [0.2, 0.25) is 5.88 Å². The molecule has 2 heterocycles. The molecular weight excluding hydrogens is 479 g/mol. The van der Waals surface area contributed by atoms with Gasteiger partial charge in [0.15, 0.2) is 15.8 Å². The van der Waals surface area contributed by atoms with Crippen molar-refractivity contribution in [3.8, 4) is 5.88 Å². The minimum atomic E-state index is -2.91. The molecule has 1 saturated heterocycles. The number of pyridine rings is 1. The number of hydrogen-bond donors (Lipinski definition) is 2. The van der Waals surface area contributed by atoms with E-state index in [4.69, 9.17) is 4.74 Å². The Hall–Kier alpha value is -1.10. The summed E-state index contributed by atoms with van der Waals surface area (Å²) in [5, 5.41) is 6.39. The molecule has 1 aliphatic rings. The first-order valence-electron chi connectivity index (χ1n) is 9.06. The van der Waals surface area contributed by atoms with Crippen LogP contribution in [0.4, 0.5) is 0 Å². The maximum absolute atomic E-state index is 11.6. The van der Waals surface area contributed by atoms with Crippen molar-refractivity contribution in [2.75, 3.05) is 18.6 Å². The number of aliphatic imine (C=N–C) groups is 1. The Labute approximate surface area is 179 Å². The fourth-order valence-corrected chi connectivity index (χ4v) is 4.70. The highest BCUT2D eigenvalue weighted by atomic mass is 127. The van der Waals surface area contributed by atoms with Gasteiger partial charge in [0.05, 0.1) is 17.6 Å². The van der Waals surface area contributed by atoms with Crippen LogP contribution >= 0.6 is 24.0 Å². The lowest BCUT2D eigenvalue weighted by atomic mass is 10.1. The number of nitrogens with one attached hydrogen (secondary N) is 2. The van der Waals surface area contributed by atoms with E-state index in [0.29, 0.717) is 30.7 Å². The summed E-state index contributed by atoms with van der Waals surface area (Å²) in [6.45, 7) is 6.94. The number of halogens is 1. The lowest BCUT2D eigenvalue weighted by Crippen LogP contribution is -2.43. The number of rotatable bonds is 7. The van der Waals surface area contributed by atoms with Gasteiger partial charge in [-0.25, -0.2) is 13.4 Å². The maximum Gasteiger partial charge on any atom is 0.213 e. The predicted molar refractivity (Wildman–Crippen MR) is 120 cm³/mol. The van der Waals surface area contributed by atoms with Crippen LogP contribution in [-0.2, 0) is 16.4 Å². The molecule has 2 unspecified atom stereocenters. The molecule has 0 spiro atoms. The molecule has 1 fully saturated rings. The first-order chi connectivity index (χ1) is 12.3. The van der Waals surface area contributed by atoms with E-state index in [2.05, 4.69) is 34.5 Å². The number of guanidine groups is 1. The first kappa shape index (κ1) is 23.9. The minimum absolute atomic E-state index is 0. The number of ether oxygens (including phenoxy) is 1. The van der Waals surface area contributed by atoms with Crippen LogP contribution in [-0.4, -0.2) is 50.1 Å². The summed E-state index contributed by atoms with van der Waals surface area (Å²) in [5.74, 6) is 2.18. The van der Waals surface area contributed by atoms with Gasteiger partial charge in [-0.05, 0) is 37.3 Å². The molecular formula is C18H31IN4O3S. The SMILES string of the molecule is CN=C(NCc1ccnc(OC(C)CC(C)C)c1)NC1CCS(=O)(=O)C1.I. The van der Waals surface area contributed by atoms with E-state index in [1.54, 1.807) is 13.2 Å². The molecule has 0 aromatic carbocycles. The van der Waals surface area contributed by atoms with Gasteiger partial charge >= 0.3 is 0 Å². The molecule has 7 nitrogen and oxygen atoms in total. The second-order valence-corrected chi connectivity index (χ2v) is 9.46. The monoisotopic (exact) mass is 510 g/mol. The largest absolute Gasteiger partial charge is 0.475 e. The number of sulfone groups is 1. The summed E-state index contributed by atoms with van der Waals surface area (Å²) >= 11 is 0. The highest BCUT2D eigenvalue weighted by molar-refractivity contribution is 14.0. The second kappa shape index (κ2) is 11.0. The van der Waals surface area contributed by atoms with Gasteiger partial charge in [0, 0.05) is 31.9 Å². The lowest BCUT2D eigenvalue weighted by molar-refractivity contribution is 0.185. The third kappa shape index (κ3) is 8.63. The van der Waals surface area contributed by atoms with Crippen LogP contribution < -0.4 is 15.4 Å². The van der Waals surface area contributed by atoms with Crippen LogP contribution in [0.15, 0.2) is 23.3 Å². The van der Waals surface area contributed by atoms with Gasteiger partial charge in [-0.2, -0.15) is 0 Å². The third-order valence-electron chi connectivity index (χ3n) is 4.18. The van der Waals surface area contributed by atoms with Crippen molar-refractivity contribution >= 4 is 39.8 Å². The van der Waals surface area contributed by atoms with Gasteiger partial charge in [-0.1, -0.05) is 13.8 Å². The number of nitrogens with zero attached hydrogens (tertiary/aromatic N) is 2. The Bertz CT molecular complexity index is 725. The van der Waals surface area contributed by atoms with Crippen LogP contribution in [0.5, 0.6) is 5.88 Å². The highest BCUT2D eigenvalue weighted by Crippen LogP contribution is 2.15. The van der Waals surface area contributed by atoms with Crippen molar-refractivity contribution in [3.63, 3.8) is 0 Å². The molecule has 0 radical (unpaired) electrons. The highest BCUT2D eigenvalue weighted by Gasteiger charge is 2.28. The first-order valence-corrected chi connectivity index (χ1v) is 10.9. The molecule has 154 valence electrons. The molecule has 0 amide bonds. The summed E-state index contributed by atoms with van der Waals surface area (Å²) in [7, 11) is -1.24. The Balaban J connectivity index is 0.00000364. The van der Waals surface area contributed by atoms with Gasteiger partial charge < -0.3 is 15.4 Å². The van der Waals surface area contributed by atoms with Crippen LogP contribution in [0.1, 0.15) is 39.2 Å². The third-order valence-corrected chi connectivity index (χ3v) is 5.95. The van der Waals surface area contributed by atoms with E-state index in [9.17, 15) is 8.42 Å². The standard InChI is InChI=1S/C18H30N4O3S.HI/c1-13(2)9-14(3)25-17-10-15(5-7-20-17)11-21-18(19-4)22-16-6-8-26(23,24)12-16;/h5,7,10,13-14,16H,6,8-9,11-12H2,1-4H3,(H2,19,21,22);1H. The summed E-state index contributed by atoms with van der Waals surface area (Å²) in [5.41, 5.74) is 1.02. The number of aromatic nitrogens is 1. The Morgan fingerprint density at radius 2 is 2.15 bits per heavy atom. The normalized spacial score (nSPS) is 20.0. The summed E-state index contributed by atoms with van der Waals surface area (Å²) < 4.78 is 29.0. The van der Waals surface area contributed by atoms with E-state index >= 15 is 0 Å². The summed E-state index contributed by atoms with van der Waals surface area (Å²) in [4.78, 5) is 8.44. The molecule has 0 bridgehead atoms. The van der Waals surface area contributed by atoms with Crippen molar-refractivity contribution in [2.24, 2.45) is 10.9 Å². The van der Waals surface area contributed by atoms with Crippen LogP contribution in [0.25, 0.3) is 0 Å². The fraction of sp³-hybridized carbons (Fsp3) is 0.667. The van der Waals surface area contributed by atoms with Crippen LogP contribution in [0.2, 0.25) is 0 Å².